The largest absolute Gasteiger partial charge is 0.356 e. The zero-order valence-corrected chi connectivity index (χ0v) is 15.9. The lowest BCUT2D eigenvalue weighted by atomic mass is 10.1. The van der Waals surface area contributed by atoms with Crippen LogP contribution in [0.2, 0.25) is 0 Å². The number of carbonyl (C=O) groups is 1. The SMILES string of the molecule is Cc1cccc(C(=O)NC(c2cc3ccccc3[nH]2)c2ncn3c2C[C@@H](F)C3)n1. The molecule has 0 bridgehead atoms. The summed E-state index contributed by atoms with van der Waals surface area (Å²) in [4.78, 5) is 25.2. The third kappa shape index (κ3) is 3.18. The van der Waals surface area contributed by atoms with Crippen molar-refractivity contribution in [3.05, 3.63) is 83.3 Å². The van der Waals surface area contributed by atoms with Crippen molar-refractivity contribution in [3.8, 4) is 0 Å². The van der Waals surface area contributed by atoms with Gasteiger partial charge in [0.1, 0.15) is 17.9 Å². The highest BCUT2D eigenvalue weighted by Gasteiger charge is 2.31. The summed E-state index contributed by atoms with van der Waals surface area (Å²) in [6.45, 7) is 2.14. The molecule has 1 aliphatic heterocycles. The molecule has 5 rings (SSSR count). The lowest BCUT2D eigenvalue weighted by Gasteiger charge is -2.17. The monoisotopic (exact) mass is 389 g/mol. The van der Waals surface area contributed by atoms with Gasteiger partial charge in [-0.3, -0.25) is 4.79 Å². The van der Waals surface area contributed by atoms with Crippen LogP contribution in [0, 0.1) is 6.92 Å². The summed E-state index contributed by atoms with van der Waals surface area (Å²) >= 11 is 0. The molecular formula is C22H20FN5O. The van der Waals surface area contributed by atoms with E-state index >= 15 is 0 Å². The number of fused-ring (bicyclic) bond motifs is 2. The van der Waals surface area contributed by atoms with E-state index in [4.69, 9.17) is 0 Å². The summed E-state index contributed by atoms with van der Waals surface area (Å²) in [6, 6.07) is 14.7. The molecule has 1 amide bonds. The van der Waals surface area contributed by atoms with E-state index < -0.39 is 12.2 Å². The third-order valence-corrected chi connectivity index (χ3v) is 5.32. The Labute approximate surface area is 166 Å². The molecule has 3 aromatic heterocycles. The van der Waals surface area contributed by atoms with Gasteiger partial charge in [-0.15, -0.1) is 0 Å². The summed E-state index contributed by atoms with van der Waals surface area (Å²) in [7, 11) is 0. The minimum absolute atomic E-state index is 0.296. The zero-order chi connectivity index (χ0) is 20.0. The molecule has 0 spiro atoms. The fourth-order valence-corrected chi connectivity index (χ4v) is 3.95. The number of hydrogen-bond acceptors (Lipinski definition) is 3. The van der Waals surface area contributed by atoms with Gasteiger partial charge in [-0.1, -0.05) is 24.3 Å². The van der Waals surface area contributed by atoms with Crippen molar-refractivity contribution in [2.75, 3.05) is 0 Å². The van der Waals surface area contributed by atoms with E-state index in [1.54, 1.807) is 18.5 Å². The fourth-order valence-electron chi connectivity index (χ4n) is 3.95. The number of H-pyrrole nitrogens is 1. The van der Waals surface area contributed by atoms with Crippen LogP contribution in [-0.2, 0) is 13.0 Å². The zero-order valence-electron chi connectivity index (χ0n) is 15.9. The molecule has 0 aliphatic carbocycles. The van der Waals surface area contributed by atoms with Crippen molar-refractivity contribution in [2.24, 2.45) is 0 Å². The standard InChI is InChI=1S/C22H20FN5O/c1-13-5-4-8-17(25-13)22(29)27-20(18-9-14-6-2-3-7-16(14)26-18)21-19-10-15(23)11-28(19)12-24-21/h2-9,12,15,20,26H,10-11H2,1H3,(H,27,29)/t15-,20?/m1/s1. The Hall–Kier alpha value is -3.48. The van der Waals surface area contributed by atoms with Gasteiger partial charge in [-0.25, -0.2) is 14.4 Å². The number of rotatable bonds is 4. The maximum Gasteiger partial charge on any atom is 0.270 e. The van der Waals surface area contributed by atoms with Crippen LogP contribution in [0.1, 0.15) is 39.3 Å². The van der Waals surface area contributed by atoms with Crippen LogP contribution in [0.3, 0.4) is 0 Å². The summed E-state index contributed by atoms with van der Waals surface area (Å²) in [5, 5.41) is 4.09. The molecule has 0 saturated heterocycles. The van der Waals surface area contributed by atoms with Crippen molar-refractivity contribution < 1.29 is 9.18 Å². The summed E-state index contributed by atoms with van der Waals surface area (Å²) < 4.78 is 15.8. The van der Waals surface area contributed by atoms with Gasteiger partial charge in [0.2, 0.25) is 0 Å². The van der Waals surface area contributed by atoms with Gasteiger partial charge in [0.05, 0.1) is 18.6 Å². The lowest BCUT2D eigenvalue weighted by molar-refractivity contribution is 0.0936. The summed E-state index contributed by atoms with van der Waals surface area (Å²) in [5.74, 6) is -0.297. The molecule has 1 aliphatic rings. The smallest absolute Gasteiger partial charge is 0.270 e. The van der Waals surface area contributed by atoms with Crippen LogP contribution in [0.5, 0.6) is 0 Å². The molecule has 0 saturated carbocycles. The Balaban J connectivity index is 1.57. The van der Waals surface area contributed by atoms with E-state index in [-0.39, 0.29) is 5.91 Å². The van der Waals surface area contributed by atoms with Crippen LogP contribution in [0.4, 0.5) is 4.39 Å². The van der Waals surface area contributed by atoms with Crippen LogP contribution in [0.25, 0.3) is 10.9 Å². The number of para-hydroxylation sites is 1. The van der Waals surface area contributed by atoms with Crippen molar-refractivity contribution in [1.82, 2.24) is 24.8 Å². The Morgan fingerprint density at radius 3 is 2.97 bits per heavy atom. The fraction of sp³-hybridized carbons (Fsp3) is 0.227. The number of aryl methyl sites for hydroxylation is 1. The Morgan fingerprint density at radius 2 is 2.14 bits per heavy atom. The highest BCUT2D eigenvalue weighted by Crippen LogP contribution is 2.30. The predicted molar refractivity (Wildman–Crippen MR) is 107 cm³/mol. The Kier molecular flexibility index (Phi) is 4.16. The Bertz CT molecular complexity index is 1180. The highest BCUT2D eigenvalue weighted by atomic mass is 19.1. The van der Waals surface area contributed by atoms with E-state index in [9.17, 15) is 9.18 Å². The number of halogens is 1. The maximum atomic E-state index is 14.0. The quantitative estimate of drug-likeness (QED) is 0.561. The Morgan fingerprint density at radius 1 is 1.28 bits per heavy atom. The van der Waals surface area contributed by atoms with Gasteiger partial charge in [0, 0.05) is 29.0 Å². The third-order valence-electron chi connectivity index (χ3n) is 5.32. The normalized spacial score (nSPS) is 16.7. The number of hydrogen-bond donors (Lipinski definition) is 2. The molecule has 6 nitrogen and oxygen atoms in total. The second-order valence-corrected chi connectivity index (χ2v) is 7.41. The number of alkyl halides is 1. The minimum Gasteiger partial charge on any atom is -0.356 e. The van der Waals surface area contributed by atoms with Gasteiger partial charge in [0.15, 0.2) is 0 Å². The van der Waals surface area contributed by atoms with Crippen LogP contribution < -0.4 is 5.32 Å². The molecule has 4 aromatic rings. The lowest BCUT2D eigenvalue weighted by Crippen LogP contribution is -2.31. The average molecular weight is 389 g/mol. The second-order valence-electron chi connectivity index (χ2n) is 7.41. The van der Waals surface area contributed by atoms with Crippen molar-refractivity contribution in [2.45, 2.75) is 32.1 Å². The average Bonchev–Trinajstić information content (AvgIpc) is 3.39. The van der Waals surface area contributed by atoms with E-state index in [1.165, 1.54) is 0 Å². The number of benzene rings is 1. The van der Waals surface area contributed by atoms with Gasteiger partial charge in [-0.05, 0) is 36.6 Å². The highest BCUT2D eigenvalue weighted by molar-refractivity contribution is 5.93. The van der Waals surface area contributed by atoms with Crippen molar-refractivity contribution in [3.63, 3.8) is 0 Å². The number of aromatic nitrogens is 4. The number of aromatic amines is 1. The number of pyridine rings is 1. The van der Waals surface area contributed by atoms with Crippen molar-refractivity contribution in [1.29, 1.82) is 0 Å². The molecule has 1 unspecified atom stereocenters. The van der Waals surface area contributed by atoms with Crippen LogP contribution in [-0.4, -0.2) is 31.6 Å². The molecule has 0 radical (unpaired) electrons. The van der Waals surface area contributed by atoms with E-state index in [2.05, 4.69) is 20.3 Å². The number of nitrogens with zero attached hydrogens (tertiary/aromatic N) is 3. The molecular weight excluding hydrogens is 369 g/mol. The maximum absolute atomic E-state index is 14.0. The molecule has 4 heterocycles. The van der Waals surface area contributed by atoms with Gasteiger partial charge < -0.3 is 14.9 Å². The number of nitrogens with one attached hydrogen (secondary N) is 2. The first-order chi connectivity index (χ1) is 14.1. The van der Waals surface area contributed by atoms with Gasteiger partial charge in [-0.2, -0.15) is 0 Å². The minimum atomic E-state index is -0.927. The van der Waals surface area contributed by atoms with Crippen LogP contribution >= 0.6 is 0 Å². The number of carbonyl (C=O) groups excluding carboxylic acids is 1. The first-order valence-electron chi connectivity index (χ1n) is 9.58. The topological polar surface area (TPSA) is 75.6 Å². The summed E-state index contributed by atoms with van der Waals surface area (Å²) in [5.41, 5.74) is 4.36. The molecule has 146 valence electrons. The van der Waals surface area contributed by atoms with E-state index in [1.807, 2.05) is 47.9 Å². The number of amides is 1. The molecule has 2 N–H and O–H groups in total. The van der Waals surface area contributed by atoms with E-state index in [0.29, 0.717) is 24.4 Å². The first-order valence-corrected chi connectivity index (χ1v) is 9.58. The molecule has 7 heteroatoms. The second kappa shape index (κ2) is 6.84. The summed E-state index contributed by atoms with van der Waals surface area (Å²) in [6.07, 6.45) is 1.02. The van der Waals surface area contributed by atoms with Gasteiger partial charge in [0.25, 0.3) is 5.91 Å². The van der Waals surface area contributed by atoms with E-state index in [0.717, 1.165) is 28.0 Å². The molecule has 29 heavy (non-hydrogen) atoms. The molecule has 1 aromatic carbocycles. The van der Waals surface area contributed by atoms with Gasteiger partial charge >= 0.3 is 0 Å². The predicted octanol–water partition coefficient (Wildman–Crippen LogP) is 3.48. The molecule has 0 fully saturated rings. The number of imidazole rings is 1. The molecule has 2 atom stereocenters. The van der Waals surface area contributed by atoms with Crippen LogP contribution in [0.15, 0.2) is 54.9 Å². The van der Waals surface area contributed by atoms with Crippen molar-refractivity contribution >= 4 is 16.8 Å². The first kappa shape index (κ1) is 17.6.